The molecule has 1 amide bonds. The van der Waals surface area contributed by atoms with Crippen LogP contribution in [0.2, 0.25) is 0 Å². The van der Waals surface area contributed by atoms with Crippen LogP contribution >= 0.6 is 0 Å². The van der Waals surface area contributed by atoms with Crippen molar-refractivity contribution in [2.75, 3.05) is 0 Å². The van der Waals surface area contributed by atoms with E-state index in [4.69, 9.17) is 5.73 Å². The zero-order chi connectivity index (χ0) is 13.9. The fourth-order valence-corrected chi connectivity index (χ4v) is 2.56. The molecule has 3 nitrogen and oxygen atoms in total. The van der Waals surface area contributed by atoms with Gasteiger partial charge in [0.15, 0.2) is 0 Å². The van der Waals surface area contributed by atoms with Gasteiger partial charge in [-0.05, 0) is 16.7 Å². The van der Waals surface area contributed by atoms with Crippen molar-refractivity contribution in [2.24, 2.45) is 5.73 Å². The Bertz CT molecular complexity index is 649. The van der Waals surface area contributed by atoms with E-state index in [-0.39, 0.29) is 11.9 Å². The van der Waals surface area contributed by atoms with Gasteiger partial charge in [0.1, 0.15) is 6.04 Å². The number of nitrogens with two attached hydrogens (primary N) is 1. The lowest BCUT2D eigenvalue weighted by Gasteiger charge is -2.21. The molecule has 3 N–H and O–H groups in total. The second-order valence-corrected chi connectivity index (χ2v) is 4.88. The van der Waals surface area contributed by atoms with Gasteiger partial charge in [0.25, 0.3) is 0 Å². The first-order valence-corrected chi connectivity index (χ1v) is 6.63. The van der Waals surface area contributed by atoms with Crippen LogP contribution in [0.4, 0.5) is 0 Å². The molecule has 2 aromatic carbocycles. The molecular weight excluding hydrogens is 248 g/mol. The highest BCUT2D eigenvalue weighted by Gasteiger charge is 2.24. The molecule has 2 aromatic rings. The standard InChI is InChI=1S/C17H16N2O/c18-17(20)16(13-7-2-1-3-8-13)19-15-11-10-12-6-4-5-9-14(12)15/h1-11,15-16,19H,(H2,18,20)/t15-,16-/m0/s1. The summed E-state index contributed by atoms with van der Waals surface area (Å²) in [5.74, 6) is -0.367. The first-order chi connectivity index (χ1) is 9.75. The van der Waals surface area contributed by atoms with Gasteiger partial charge in [0.05, 0.1) is 6.04 Å². The zero-order valence-corrected chi connectivity index (χ0v) is 11.0. The Balaban J connectivity index is 1.86. The van der Waals surface area contributed by atoms with Crippen molar-refractivity contribution in [1.82, 2.24) is 5.32 Å². The lowest BCUT2D eigenvalue weighted by molar-refractivity contribution is -0.120. The maximum atomic E-state index is 11.7. The third kappa shape index (κ3) is 2.36. The number of hydrogen-bond donors (Lipinski definition) is 2. The Kier molecular flexibility index (Phi) is 3.35. The third-order valence-corrected chi connectivity index (χ3v) is 3.56. The SMILES string of the molecule is NC(=O)[C@@H](N[C@H]1C=Cc2ccccc21)c1ccccc1. The summed E-state index contributed by atoms with van der Waals surface area (Å²) in [6, 6.07) is 17.2. The summed E-state index contributed by atoms with van der Waals surface area (Å²) in [5, 5.41) is 3.33. The Morgan fingerprint density at radius 1 is 1.05 bits per heavy atom. The Morgan fingerprint density at radius 2 is 1.75 bits per heavy atom. The molecule has 1 aliphatic rings. The van der Waals surface area contributed by atoms with Crippen LogP contribution in [0.1, 0.15) is 28.8 Å². The minimum Gasteiger partial charge on any atom is -0.368 e. The van der Waals surface area contributed by atoms with E-state index in [1.165, 1.54) is 11.1 Å². The lowest BCUT2D eigenvalue weighted by Crippen LogP contribution is -2.35. The van der Waals surface area contributed by atoms with E-state index in [0.717, 1.165) is 5.56 Å². The topological polar surface area (TPSA) is 55.1 Å². The minimum absolute atomic E-state index is 0.0175. The first-order valence-electron chi connectivity index (χ1n) is 6.63. The third-order valence-electron chi connectivity index (χ3n) is 3.56. The maximum absolute atomic E-state index is 11.7. The van der Waals surface area contributed by atoms with E-state index in [2.05, 4.69) is 29.6 Å². The van der Waals surface area contributed by atoms with Crippen LogP contribution in [-0.4, -0.2) is 5.91 Å². The second kappa shape index (κ2) is 5.31. The molecule has 0 bridgehead atoms. The number of rotatable bonds is 4. The fourth-order valence-electron chi connectivity index (χ4n) is 2.56. The average molecular weight is 264 g/mol. The number of hydrogen-bond acceptors (Lipinski definition) is 2. The van der Waals surface area contributed by atoms with Crippen LogP contribution in [0.3, 0.4) is 0 Å². The highest BCUT2D eigenvalue weighted by Crippen LogP contribution is 2.30. The summed E-state index contributed by atoms with van der Waals surface area (Å²) in [5.41, 5.74) is 8.79. The molecule has 2 atom stereocenters. The molecule has 20 heavy (non-hydrogen) atoms. The van der Waals surface area contributed by atoms with Crippen LogP contribution in [0, 0.1) is 0 Å². The van der Waals surface area contributed by atoms with E-state index < -0.39 is 6.04 Å². The number of carbonyl (C=O) groups is 1. The van der Waals surface area contributed by atoms with E-state index >= 15 is 0 Å². The molecule has 0 radical (unpaired) electrons. The number of nitrogens with one attached hydrogen (secondary N) is 1. The van der Waals surface area contributed by atoms with Crippen LogP contribution in [-0.2, 0) is 4.79 Å². The average Bonchev–Trinajstić information content (AvgIpc) is 2.88. The van der Waals surface area contributed by atoms with Crippen molar-refractivity contribution in [3.05, 3.63) is 77.4 Å². The van der Waals surface area contributed by atoms with Gasteiger partial charge < -0.3 is 5.73 Å². The Hall–Kier alpha value is -2.39. The Morgan fingerprint density at radius 3 is 2.50 bits per heavy atom. The van der Waals surface area contributed by atoms with Crippen molar-refractivity contribution in [3.63, 3.8) is 0 Å². The molecule has 100 valence electrons. The van der Waals surface area contributed by atoms with Crippen molar-refractivity contribution < 1.29 is 4.79 Å². The van der Waals surface area contributed by atoms with Crippen molar-refractivity contribution in [2.45, 2.75) is 12.1 Å². The van der Waals surface area contributed by atoms with Crippen LogP contribution < -0.4 is 11.1 Å². The van der Waals surface area contributed by atoms with Gasteiger partial charge in [0.2, 0.25) is 5.91 Å². The molecule has 0 fully saturated rings. The second-order valence-electron chi connectivity index (χ2n) is 4.88. The predicted molar refractivity (Wildman–Crippen MR) is 79.7 cm³/mol. The van der Waals surface area contributed by atoms with Gasteiger partial charge >= 0.3 is 0 Å². The zero-order valence-electron chi connectivity index (χ0n) is 11.0. The van der Waals surface area contributed by atoms with Crippen molar-refractivity contribution in [1.29, 1.82) is 0 Å². The van der Waals surface area contributed by atoms with Gasteiger partial charge in [-0.3, -0.25) is 10.1 Å². The molecule has 0 saturated carbocycles. The lowest BCUT2D eigenvalue weighted by atomic mass is 10.0. The number of amides is 1. The van der Waals surface area contributed by atoms with Crippen molar-refractivity contribution in [3.8, 4) is 0 Å². The summed E-state index contributed by atoms with van der Waals surface area (Å²) in [6.45, 7) is 0. The van der Waals surface area contributed by atoms with Crippen LogP contribution in [0.5, 0.6) is 0 Å². The molecule has 0 unspecified atom stereocenters. The molecule has 0 spiro atoms. The number of fused-ring (bicyclic) bond motifs is 1. The largest absolute Gasteiger partial charge is 0.368 e. The Labute approximate surface area is 118 Å². The van der Waals surface area contributed by atoms with E-state index in [9.17, 15) is 4.79 Å². The van der Waals surface area contributed by atoms with E-state index in [1.54, 1.807) is 0 Å². The smallest absolute Gasteiger partial charge is 0.239 e. The van der Waals surface area contributed by atoms with Gasteiger partial charge in [-0.1, -0.05) is 66.7 Å². The molecule has 0 heterocycles. The van der Waals surface area contributed by atoms with Gasteiger partial charge in [-0.15, -0.1) is 0 Å². The van der Waals surface area contributed by atoms with E-state index in [0.29, 0.717) is 0 Å². The monoisotopic (exact) mass is 264 g/mol. The first kappa shape index (κ1) is 12.6. The summed E-state index contributed by atoms with van der Waals surface area (Å²) in [4.78, 5) is 11.7. The summed E-state index contributed by atoms with van der Waals surface area (Å²) in [7, 11) is 0. The summed E-state index contributed by atoms with van der Waals surface area (Å²) >= 11 is 0. The van der Waals surface area contributed by atoms with Crippen LogP contribution in [0.25, 0.3) is 6.08 Å². The van der Waals surface area contributed by atoms with Gasteiger partial charge in [-0.2, -0.15) is 0 Å². The van der Waals surface area contributed by atoms with Gasteiger partial charge in [-0.25, -0.2) is 0 Å². The molecule has 3 heteroatoms. The minimum atomic E-state index is -0.489. The number of primary amides is 1. The maximum Gasteiger partial charge on any atom is 0.239 e. The van der Waals surface area contributed by atoms with E-state index in [1.807, 2.05) is 42.5 Å². The molecule has 0 aliphatic heterocycles. The summed E-state index contributed by atoms with van der Waals surface area (Å²) < 4.78 is 0. The fraction of sp³-hybridized carbons (Fsp3) is 0.118. The van der Waals surface area contributed by atoms with Crippen molar-refractivity contribution >= 4 is 12.0 Å². The number of carbonyl (C=O) groups excluding carboxylic acids is 1. The molecule has 1 aliphatic carbocycles. The highest BCUT2D eigenvalue weighted by atomic mass is 16.1. The normalized spacial score (nSPS) is 17.7. The highest BCUT2D eigenvalue weighted by molar-refractivity contribution is 5.81. The molecule has 0 aromatic heterocycles. The predicted octanol–water partition coefficient (Wildman–Crippen LogP) is 2.57. The quantitative estimate of drug-likeness (QED) is 0.891. The van der Waals surface area contributed by atoms with Gasteiger partial charge in [0, 0.05) is 0 Å². The number of benzene rings is 2. The summed E-state index contributed by atoms with van der Waals surface area (Å²) in [6.07, 6.45) is 4.12. The molecular formula is C17H16N2O. The molecule has 3 rings (SSSR count). The molecule has 0 saturated heterocycles. The van der Waals surface area contributed by atoms with Crippen LogP contribution in [0.15, 0.2) is 60.7 Å².